The monoisotopic (exact) mass is 432 g/mol. The number of likely N-dealkylation sites (tertiary alicyclic amines) is 1. The second-order valence-electron chi connectivity index (χ2n) is 9.13. The summed E-state index contributed by atoms with van der Waals surface area (Å²) in [5.41, 5.74) is 2.25. The molecule has 1 saturated carbocycles. The molecular weight excluding hydrogens is 400 g/mol. The largest absolute Gasteiger partial charge is 0.492 e. The molecule has 6 heteroatoms. The fourth-order valence-corrected chi connectivity index (χ4v) is 4.87. The van der Waals surface area contributed by atoms with Crippen LogP contribution in [0, 0.1) is 0 Å². The van der Waals surface area contributed by atoms with Crippen LogP contribution < -0.4 is 10.1 Å². The summed E-state index contributed by atoms with van der Waals surface area (Å²) in [4.78, 5) is 11.7. The Morgan fingerprint density at radius 2 is 1.88 bits per heavy atom. The van der Waals surface area contributed by atoms with Gasteiger partial charge in [-0.25, -0.2) is 9.97 Å². The second-order valence-corrected chi connectivity index (χ2v) is 9.13. The van der Waals surface area contributed by atoms with Crippen LogP contribution in [0.1, 0.15) is 44.1 Å². The highest BCUT2D eigenvalue weighted by Gasteiger charge is 2.25. The van der Waals surface area contributed by atoms with E-state index in [1.807, 2.05) is 24.4 Å². The van der Waals surface area contributed by atoms with E-state index in [0.717, 1.165) is 55.4 Å². The Balaban J connectivity index is 1.21. The molecule has 2 aliphatic rings. The van der Waals surface area contributed by atoms with Crippen molar-refractivity contribution in [2.24, 2.45) is 0 Å². The number of hydrogen-bond acceptors (Lipinski definition) is 6. The van der Waals surface area contributed by atoms with E-state index < -0.39 is 0 Å². The number of fused-ring (bicyclic) bond motifs is 1. The Hall–Kier alpha value is -2.70. The van der Waals surface area contributed by atoms with Gasteiger partial charge in [-0.15, -0.1) is 0 Å². The van der Waals surface area contributed by atoms with Gasteiger partial charge in [-0.2, -0.15) is 0 Å². The maximum atomic E-state index is 9.71. The lowest BCUT2D eigenvalue weighted by molar-refractivity contribution is 0.126. The highest BCUT2D eigenvalue weighted by atomic mass is 16.5. The van der Waals surface area contributed by atoms with Crippen molar-refractivity contribution >= 4 is 16.9 Å². The van der Waals surface area contributed by atoms with Crippen molar-refractivity contribution in [3.8, 4) is 5.75 Å². The normalized spacial score (nSPS) is 24.0. The molecule has 2 heterocycles. The van der Waals surface area contributed by atoms with E-state index in [-0.39, 0.29) is 6.10 Å². The fraction of sp³-hybridized carbons (Fsp3) is 0.462. The van der Waals surface area contributed by atoms with E-state index in [1.54, 1.807) is 0 Å². The zero-order valence-corrected chi connectivity index (χ0v) is 18.5. The first kappa shape index (κ1) is 21.2. The molecule has 0 radical (unpaired) electrons. The van der Waals surface area contributed by atoms with E-state index >= 15 is 0 Å². The summed E-state index contributed by atoms with van der Waals surface area (Å²) in [6.45, 7) is 2.80. The number of benzene rings is 2. The first-order valence-corrected chi connectivity index (χ1v) is 11.8. The van der Waals surface area contributed by atoms with Gasteiger partial charge in [-0.1, -0.05) is 30.3 Å². The van der Waals surface area contributed by atoms with Gasteiger partial charge in [0.25, 0.3) is 0 Å². The third-order valence-corrected chi connectivity index (χ3v) is 6.75. The Kier molecular flexibility index (Phi) is 6.51. The average molecular weight is 433 g/mol. The Morgan fingerprint density at radius 3 is 2.72 bits per heavy atom. The smallest absolute Gasteiger partial charge is 0.223 e. The van der Waals surface area contributed by atoms with Crippen LogP contribution in [0.15, 0.2) is 54.7 Å². The third-order valence-electron chi connectivity index (χ3n) is 6.75. The van der Waals surface area contributed by atoms with Gasteiger partial charge in [0.15, 0.2) is 0 Å². The van der Waals surface area contributed by atoms with Crippen LogP contribution in [0.5, 0.6) is 5.75 Å². The number of anilines is 1. The lowest BCUT2D eigenvalue weighted by Crippen LogP contribution is -2.33. The number of nitrogens with one attached hydrogen (secondary N) is 1. The average Bonchev–Trinajstić information content (AvgIpc) is 3.26. The highest BCUT2D eigenvalue weighted by Crippen LogP contribution is 2.25. The van der Waals surface area contributed by atoms with Crippen LogP contribution in [0.25, 0.3) is 10.9 Å². The molecule has 0 amide bonds. The van der Waals surface area contributed by atoms with Crippen molar-refractivity contribution < 1.29 is 9.84 Å². The third kappa shape index (κ3) is 5.19. The van der Waals surface area contributed by atoms with Gasteiger partial charge in [-0.05, 0) is 62.8 Å². The number of aromatic nitrogens is 2. The molecule has 168 valence electrons. The fourth-order valence-electron chi connectivity index (χ4n) is 4.87. The van der Waals surface area contributed by atoms with Crippen LogP contribution in [-0.2, 0) is 6.54 Å². The highest BCUT2D eigenvalue weighted by molar-refractivity contribution is 5.80. The van der Waals surface area contributed by atoms with Gasteiger partial charge in [0.2, 0.25) is 5.95 Å². The second kappa shape index (κ2) is 9.84. The minimum atomic E-state index is -0.159. The Labute approximate surface area is 189 Å². The summed E-state index contributed by atoms with van der Waals surface area (Å²) in [6.07, 6.45) is 7.68. The molecule has 2 N–H and O–H groups in total. The number of aliphatic hydroxyl groups excluding tert-OH is 1. The van der Waals surface area contributed by atoms with E-state index in [9.17, 15) is 5.11 Å². The van der Waals surface area contributed by atoms with Crippen molar-refractivity contribution in [3.63, 3.8) is 0 Å². The molecule has 6 nitrogen and oxygen atoms in total. The molecule has 1 aromatic heterocycles. The number of aliphatic hydroxyl groups is 1. The standard InChI is InChI=1S/C26H32N4O2/c31-23-11-9-21(10-12-23)28-26-27-16-20-8-13-24(15-25(20)29-26)32-18-22-7-4-14-30(22)17-19-5-2-1-3-6-19/h1-3,5-6,8,13,15-16,21-23,31H,4,7,9-12,14,17-18H2,(H,27,28,29)/t21-,22-,23-/m1/s1. The van der Waals surface area contributed by atoms with Crippen molar-refractivity contribution in [3.05, 3.63) is 60.3 Å². The van der Waals surface area contributed by atoms with Crippen molar-refractivity contribution in [1.29, 1.82) is 0 Å². The molecule has 3 aromatic rings. The SMILES string of the molecule is O[C@H]1CC[C@H](Nc2ncc3ccc(OC[C@H]4CCCN4Cc4ccccc4)cc3n2)CC1. The number of rotatable bonds is 7. The number of nitrogens with zero attached hydrogens (tertiary/aromatic N) is 3. The summed E-state index contributed by atoms with van der Waals surface area (Å²) in [6, 6.07) is 17.5. The van der Waals surface area contributed by atoms with Crippen molar-refractivity contribution in [2.45, 2.75) is 63.3 Å². The lowest BCUT2D eigenvalue weighted by Gasteiger charge is -2.26. The molecule has 1 aliphatic heterocycles. The van der Waals surface area contributed by atoms with Crippen LogP contribution in [0.2, 0.25) is 0 Å². The van der Waals surface area contributed by atoms with Gasteiger partial charge >= 0.3 is 0 Å². The zero-order valence-electron chi connectivity index (χ0n) is 18.5. The van der Waals surface area contributed by atoms with Crippen LogP contribution in [0.3, 0.4) is 0 Å². The first-order valence-electron chi connectivity index (χ1n) is 11.8. The van der Waals surface area contributed by atoms with E-state index in [1.165, 1.54) is 18.4 Å². The van der Waals surface area contributed by atoms with Crippen LogP contribution >= 0.6 is 0 Å². The summed E-state index contributed by atoms with van der Waals surface area (Å²) >= 11 is 0. The molecule has 0 unspecified atom stereocenters. The summed E-state index contributed by atoms with van der Waals surface area (Å²) in [7, 11) is 0. The first-order chi connectivity index (χ1) is 15.7. The van der Waals surface area contributed by atoms with Crippen molar-refractivity contribution in [2.75, 3.05) is 18.5 Å². The molecule has 0 bridgehead atoms. The summed E-state index contributed by atoms with van der Waals surface area (Å²) in [5.74, 6) is 1.51. The maximum Gasteiger partial charge on any atom is 0.223 e. The lowest BCUT2D eigenvalue weighted by atomic mass is 9.93. The molecule has 1 aliphatic carbocycles. The molecule has 32 heavy (non-hydrogen) atoms. The topological polar surface area (TPSA) is 70.5 Å². The van der Waals surface area contributed by atoms with Crippen LogP contribution in [-0.4, -0.2) is 51.3 Å². The minimum absolute atomic E-state index is 0.159. The molecule has 0 spiro atoms. The zero-order chi connectivity index (χ0) is 21.8. The van der Waals surface area contributed by atoms with Gasteiger partial charge < -0.3 is 15.2 Å². The Bertz CT molecular complexity index is 1020. The van der Waals surface area contributed by atoms with Crippen LogP contribution in [0.4, 0.5) is 5.95 Å². The molecule has 5 rings (SSSR count). The number of hydrogen-bond donors (Lipinski definition) is 2. The maximum absolute atomic E-state index is 9.71. The predicted octanol–water partition coefficient (Wildman–Crippen LogP) is 4.39. The Morgan fingerprint density at radius 1 is 1.03 bits per heavy atom. The molecule has 2 fully saturated rings. The molecule has 1 atom stereocenters. The van der Waals surface area contributed by atoms with E-state index in [4.69, 9.17) is 9.72 Å². The van der Waals surface area contributed by atoms with E-state index in [2.05, 4.69) is 45.5 Å². The van der Waals surface area contributed by atoms with Crippen molar-refractivity contribution in [1.82, 2.24) is 14.9 Å². The summed E-state index contributed by atoms with van der Waals surface area (Å²) in [5, 5.41) is 14.2. The molecule has 1 saturated heterocycles. The van der Waals surface area contributed by atoms with Gasteiger partial charge in [-0.3, -0.25) is 4.90 Å². The predicted molar refractivity (Wildman–Crippen MR) is 127 cm³/mol. The van der Waals surface area contributed by atoms with Gasteiger partial charge in [0, 0.05) is 36.3 Å². The minimum Gasteiger partial charge on any atom is -0.492 e. The van der Waals surface area contributed by atoms with Gasteiger partial charge in [0.1, 0.15) is 12.4 Å². The molecular formula is C26H32N4O2. The van der Waals surface area contributed by atoms with E-state index in [0.29, 0.717) is 24.6 Å². The summed E-state index contributed by atoms with van der Waals surface area (Å²) < 4.78 is 6.22. The quantitative estimate of drug-likeness (QED) is 0.577. The number of ether oxygens (including phenoxy) is 1. The van der Waals surface area contributed by atoms with Gasteiger partial charge in [0.05, 0.1) is 11.6 Å². The molecule has 2 aromatic carbocycles.